The van der Waals surface area contributed by atoms with E-state index in [0.29, 0.717) is 6.42 Å². The topological polar surface area (TPSA) is 55.6 Å². The van der Waals surface area contributed by atoms with Crippen molar-refractivity contribution in [2.75, 3.05) is 26.7 Å². The second-order valence-corrected chi connectivity index (χ2v) is 5.69. The number of nitrogens with zero attached hydrogens (tertiary/aromatic N) is 1. The van der Waals surface area contributed by atoms with Crippen LogP contribution >= 0.6 is 0 Å². The molecule has 2 atom stereocenters. The minimum Gasteiger partial charge on any atom is -0.468 e. The molecule has 1 saturated heterocycles. The molecule has 0 radical (unpaired) electrons. The number of likely N-dealkylation sites (tertiary alicyclic amines) is 1. The van der Waals surface area contributed by atoms with Gasteiger partial charge in [-0.05, 0) is 50.6 Å². The van der Waals surface area contributed by atoms with Gasteiger partial charge in [0.25, 0.3) is 0 Å². The van der Waals surface area contributed by atoms with Crippen molar-refractivity contribution in [2.45, 2.75) is 45.6 Å². The van der Waals surface area contributed by atoms with Crippen molar-refractivity contribution in [1.82, 2.24) is 4.90 Å². The Morgan fingerprint density at radius 3 is 2.72 bits per heavy atom. The van der Waals surface area contributed by atoms with E-state index in [1.807, 2.05) is 0 Å². The Labute approximate surface area is 111 Å². The van der Waals surface area contributed by atoms with Crippen molar-refractivity contribution < 1.29 is 9.53 Å². The highest BCUT2D eigenvalue weighted by molar-refractivity contribution is 5.75. The van der Waals surface area contributed by atoms with Crippen LogP contribution in [-0.4, -0.2) is 43.7 Å². The molecule has 0 amide bonds. The summed E-state index contributed by atoms with van der Waals surface area (Å²) in [6.45, 7) is 7.80. The molecule has 2 N–H and O–H groups in total. The third-order valence-electron chi connectivity index (χ3n) is 4.07. The summed E-state index contributed by atoms with van der Waals surface area (Å²) in [5, 5.41) is 0. The summed E-state index contributed by atoms with van der Waals surface area (Å²) < 4.78 is 4.64. The predicted molar refractivity (Wildman–Crippen MR) is 73.2 cm³/mol. The second-order valence-electron chi connectivity index (χ2n) is 5.69. The highest BCUT2D eigenvalue weighted by Crippen LogP contribution is 2.24. The summed E-state index contributed by atoms with van der Waals surface area (Å²) >= 11 is 0. The Balaban J connectivity index is 2.29. The quantitative estimate of drug-likeness (QED) is 0.760. The lowest BCUT2D eigenvalue weighted by Gasteiger charge is -2.22. The maximum absolute atomic E-state index is 11.2. The molecule has 0 saturated carbocycles. The average molecular weight is 256 g/mol. The molecule has 1 heterocycles. The lowest BCUT2D eigenvalue weighted by molar-refractivity contribution is -0.142. The largest absolute Gasteiger partial charge is 0.468 e. The van der Waals surface area contributed by atoms with Crippen LogP contribution in [0, 0.1) is 11.8 Å². The van der Waals surface area contributed by atoms with E-state index in [-0.39, 0.29) is 5.97 Å². The number of hydrogen-bond donors (Lipinski definition) is 1. The zero-order chi connectivity index (χ0) is 13.5. The minimum atomic E-state index is -0.473. The van der Waals surface area contributed by atoms with Gasteiger partial charge < -0.3 is 15.4 Å². The summed E-state index contributed by atoms with van der Waals surface area (Å²) in [6.07, 6.45) is 4.55. The molecule has 0 aromatic carbocycles. The van der Waals surface area contributed by atoms with Crippen LogP contribution in [0.5, 0.6) is 0 Å². The summed E-state index contributed by atoms with van der Waals surface area (Å²) in [5.41, 5.74) is 5.76. The van der Waals surface area contributed by atoms with Gasteiger partial charge in [-0.2, -0.15) is 0 Å². The maximum Gasteiger partial charge on any atom is 0.322 e. The summed E-state index contributed by atoms with van der Waals surface area (Å²) in [4.78, 5) is 13.7. The van der Waals surface area contributed by atoms with Gasteiger partial charge in [-0.1, -0.05) is 13.8 Å². The average Bonchev–Trinajstić information content (AvgIpc) is 2.60. The summed E-state index contributed by atoms with van der Waals surface area (Å²) in [7, 11) is 1.39. The molecule has 4 nitrogen and oxygen atoms in total. The molecule has 2 unspecified atom stereocenters. The highest BCUT2D eigenvalue weighted by atomic mass is 16.5. The van der Waals surface area contributed by atoms with E-state index in [1.54, 1.807) is 0 Å². The third kappa shape index (κ3) is 4.94. The van der Waals surface area contributed by atoms with E-state index in [1.165, 1.54) is 26.4 Å². The first-order chi connectivity index (χ1) is 8.54. The first-order valence-corrected chi connectivity index (χ1v) is 7.10. The number of nitrogens with two attached hydrogens (primary N) is 1. The molecule has 4 heteroatoms. The third-order valence-corrected chi connectivity index (χ3v) is 4.07. The van der Waals surface area contributed by atoms with Crippen LogP contribution in [0.2, 0.25) is 0 Å². The van der Waals surface area contributed by atoms with E-state index in [0.717, 1.165) is 31.5 Å². The molecule has 106 valence electrons. The number of methoxy groups -OCH3 is 1. The van der Waals surface area contributed by atoms with E-state index in [2.05, 4.69) is 23.5 Å². The summed E-state index contributed by atoms with van der Waals surface area (Å²) in [6, 6.07) is -0.473. The fraction of sp³-hybridized carbons (Fsp3) is 0.929. The fourth-order valence-electron chi connectivity index (χ4n) is 2.66. The first-order valence-electron chi connectivity index (χ1n) is 7.10. The first kappa shape index (κ1) is 15.4. The number of carbonyl (C=O) groups excluding carboxylic acids is 1. The Kier molecular flexibility index (Phi) is 6.65. The van der Waals surface area contributed by atoms with Gasteiger partial charge in [0, 0.05) is 6.54 Å². The van der Waals surface area contributed by atoms with Crippen LogP contribution in [0.25, 0.3) is 0 Å². The molecule has 0 bridgehead atoms. The van der Waals surface area contributed by atoms with Gasteiger partial charge in [0.1, 0.15) is 6.04 Å². The molecule has 0 aromatic heterocycles. The maximum atomic E-state index is 11.2. The molecule has 0 aromatic rings. The highest BCUT2D eigenvalue weighted by Gasteiger charge is 2.21. The molecule has 1 rings (SSSR count). The monoisotopic (exact) mass is 256 g/mol. The molecule has 18 heavy (non-hydrogen) atoms. The normalized spacial score (nSPS) is 23.7. The van der Waals surface area contributed by atoms with Crippen LogP contribution in [-0.2, 0) is 9.53 Å². The smallest absolute Gasteiger partial charge is 0.322 e. The van der Waals surface area contributed by atoms with Crippen LogP contribution < -0.4 is 5.73 Å². The van der Waals surface area contributed by atoms with Crippen LogP contribution in [0.15, 0.2) is 0 Å². The molecule has 0 spiro atoms. The van der Waals surface area contributed by atoms with Gasteiger partial charge >= 0.3 is 5.97 Å². The number of rotatable bonds is 5. The molecule has 1 aliphatic rings. The van der Waals surface area contributed by atoms with Gasteiger partial charge in [-0.15, -0.1) is 0 Å². The Morgan fingerprint density at radius 2 is 2.11 bits per heavy atom. The van der Waals surface area contributed by atoms with Crippen molar-refractivity contribution in [3.05, 3.63) is 0 Å². The Hall–Kier alpha value is -0.610. The minimum absolute atomic E-state index is 0.301. The standard InChI is InChI=1S/C14H28N2O2/c1-11(2)12-5-4-8-16(9-6-12)10-7-13(15)14(17)18-3/h11-13H,4-10,15H2,1-3H3. The van der Waals surface area contributed by atoms with Crippen molar-refractivity contribution >= 4 is 5.97 Å². The van der Waals surface area contributed by atoms with Crippen molar-refractivity contribution in [3.8, 4) is 0 Å². The van der Waals surface area contributed by atoms with Crippen molar-refractivity contribution in [2.24, 2.45) is 17.6 Å². The second kappa shape index (κ2) is 7.74. The van der Waals surface area contributed by atoms with Gasteiger partial charge in [0.15, 0.2) is 0 Å². The molecule has 0 aliphatic carbocycles. The molecular formula is C14H28N2O2. The van der Waals surface area contributed by atoms with E-state index in [4.69, 9.17) is 5.73 Å². The van der Waals surface area contributed by atoms with Gasteiger partial charge in [0.2, 0.25) is 0 Å². The fourth-order valence-corrected chi connectivity index (χ4v) is 2.66. The van der Waals surface area contributed by atoms with Crippen LogP contribution in [0.4, 0.5) is 0 Å². The van der Waals surface area contributed by atoms with Crippen LogP contribution in [0.3, 0.4) is 0 Å². The Morgan fingerprint density at radius 1 is 1.39 bits per heavy atom. The molecule has 1 fully saturated rings. The lowest BCUT2D eigenvalue weighted by Crippen LogP contribution is -2.36. The zero-order valence-electron chi connectivity index (χ0n) is 12.0. The number of hydrogen-bond acceptors (Lipinski definition) is 4. The SMILES string of the molecule is COC(=O)C(N)CCN1CCCC(C(C)C)CC1. The number of esters is 1. The van der Waals surface area contributed by atoms with Gasteiger partial charge in [-0.25, -0.2) is 0 Å². The number of carbonyl (C=O) groups is 1. The lowest BCUT2D eigenvalue weighted by atomic mass is 9.89. The van der Waals surface area contributed by atoms with Crippen molar-refractivity contribution in [3.63, 3.8) is 0 Å². The molecular weight excluding hydrogens is 228 g/mol. The number of ether oxygens (including phenoxy) is 1. The molecule has 1 aliphatic heterocycles. The van der Waals surface area contributed by atoms with E-state index < -0.39 is 6.04 Å². The summed E-state index contributed by atoms with van der Waals surface area (Å²) in [5.74, 6) is 1.33. The van der Waals surface area contributed by atoms with E-state index in [9.17, 15) is 4.79 Å². The Bertz CT molecular complexity index is 256. The van der Waals surface area contributed by atoms with Crippen molar-refractivity contribution in [1.29, 1.82) is 0 Å². The van der Waals surface area contributed by atoms with E-state index >= 15 is 0 Å². The van der Waals surface area contributed by atoms with Gasteiger partial charge in [0.05, 0.1) is 7.11 Å². The van der Waals surface area contributed by atoms with Gasteiger partial charge in [-0.3, -0.25) is 4.79 Å². The van der Waals surface area contributed by atoms with Crippen LogP contribution in [0.1, 0.15) is 39.5 Å². The predicted octanol–water partition coefficient (Wildman–Crippen LogP) is 1.63. The zero-order valence-corrected chi connectivity index (χ0v) is 12.0.